The lowest BCUT2D eigenvalue weighted by Crippen LogP contribution is -2.22. The molecule has 4 nitrogen and oxygen atoms in total. The summed E-state index contributed by atoms with van der Waals surface area (Å²) in [6, 6.07) is 25.4. The van der Waals surface area contributed by atoms with Gasteiger partial charge in [-0.25, -0.2) is 0 Å². The fraction of sp³-hybridized carbons (Fsp3) is 0.0870. The predicted molar refractivity (Wildman–Crippen MR) is 107 cm³/mol. The molecule has 0 saturated heterocycles. The lowest BCUT2D eigenvalue weighted by molar-refractivity contribution is 0.0946. The second kappa shape index (κ2) is 7.38. The highest BCUT2D eigenvalue weighted by molar-refractivity contribution is 5.98. The SMILES string of the molecule is Cc1cccc(Oc2ccc3[nH]c(C(=O)NCc4ccccc4)cc3c2)c1. The quantitative estimate of drug-likeness (QED) is 0.516. The maximum absolute atomic E-state index is 12.4. The molecule has 0 aliphatic heterocycles. The number of aromatic nitrogens is 1. The van der Waals surface area contributed by atoms with Crippen LogP contribution in [0.3, 0.4) is 0 Å². The van der Waals surface area contributed by atoms with Crippen LogP contribution in [0.1, 0.15) is 21.6 Å². The Bertz CT molecular complexity index is 1080. The highest BCUT2D eigenvalue weighted by Crippen LogP contribution is 2.26. The molecule has 2 N–H and O–H groups in total. The first-order valence-corrected chi connectivity index (χ1v) is 8.87. The molecule has 1 amide bonds. The summed E-state index contributed by atoms with van der Waals surface area (Å²) in [5.74, 6) is 1.41. The molecule has 0 fully saturated rings. The molecular weight excluding hydrogens is 336 g/mol. The topological polar surface area (TPSA) is 54.1 Å². The van der Waals surface area contributed by atoms with Gasteiger partial charge in [0.25, 0.3) is 5.91 Å². The van der Waals surface area contributed by atoms with Crippen molar-refractivity contribution in [3.63, 3.8) is 0 Å². The first kappa shape index (κ1) is 16.9. The molecule has 4 aromatic rings. The van der Waals surface area contributed by atoms with Gasteiger partial charge in [-0.2, -0.15) is 0 Å². The van der Waals surface area contributed by atoms with Gasteiger partial charge in [0.15, 0.2) is 0 Å². The molecule has 0 spiro atoms. The van der Waals surface area contributed by atoms with Crippen molar-refractivity contribution in [1.29, 1.82) is 0 Å². The second-order valence-electron chi connectivity index (χ2n) is 6.52. The maximum atomic E-state index is 12.4. The smallest absolute Gasteiger partial charge is 0.267 e. The summed E-state index contributed by atoms with van der Waals surface area (Å²) in [5, 5.41) is 3.87. The lowest BCUT2D eigenvalue weighted by Gasteiger charge is -2.06. The minimum absolute atomic E-state index is 0.129. The molecule has 4 rings (SSSR count). The van der Waals surface area contributed by atoms with Crippen LogP contribution in [-0.2, 0) is 6.54 Å². The number of nitrogens with one attached hydrogen (secondary N) is 2. The molecule has 0 unspecified atom stereocenters. The monoisotopic (exact) mass is 356 g/mol. The van der Waals surface area contributed by atoms with Crippen LogP contribution in [0.5, 0.6) is 11.5 Å². The van der Waals surface area contributed by atoms with E-state index in [1.807, 2.05) is 85.8 Å². The number of aromatic amines is 1. The molecule has 27 heavy (non-hydrogen) atoms. The normalized spacial score (nSPS) is 10.7. The van der Waals surface area contributed by atoms with E-state index >= 15 is 0 Å². The van der Waals surface area contributed by atoms with E-state index in [9.17, 15) is 4.79 Å². The first-order chi connectivity index (χ1) is 13.2. The Hall–Kier alpha value is -3.53. The number of carbonyl (C=O) groups is 1. The molecular formula is C23H20N2O2. The van der Waals surface area contributed by atoms with Gasteiger partial charge >= 0.3 is 0 Å². The van der Waals surface area contributed by atoms with E-state index in [4.69, 9.17) is 4.74 Å². The van der Waals surface area contributed by atoms with Crippen LogP contribution in [0.25, 0.3) is 10.9 Å². The Morgan fingerprint density at radius 1 is 0.926 bits per heavy atom. The summed E-state index contributed by atoms with van der Waals surface area (Å²) >= 11 is 0. The van der Waals surface area contributed by atoms with Gasteiger partial charge in [-0.3, -0.25) is 4.79 Å². The number of rotatable bonds is 5. The van der Waals surface area contributed by atoms with E-state index in [0.717, 1.165) is 33.5 Å². The van der Waals surface area contributed by atoms with E-state index < -0.39 is 0 Å². The summed E-state index contributed by atoms with van der Waals surface area (Å²) < 4.78 is 5.93. The molecule has 0 aliphatic rings. The van der Waals surface area contributed by atoms with Crippen molar-refractivity contribution in [2.24, 2.45) is 0 Å². The van der Waals surface area contributed by atoms with Gasteiger partial charge in [-0.05, 0) is 54.4 Å². The fourth-order valence-corrected chi connectivity index (χ4v) is 2.98. The first-order valence-electron chi connectivity index (χ1n) is 8.87. The van der Waals surface area contributed by atoms with E-state index in [2.05, 4.69) is 10.3 Å². The van der Waals surface area contributed by atoms with Crippen molar-refractivity contribution in [1.82, 2.24) is 10.3 Å². The van der Waals surface area contributed by atoms with Crippen LogP contribution in [0.15, 0.2) is 78.9 Å². The van der Waals surface area contributed by atoms with Gasteiger partial charge in [-0.1, -0.05) is 42.5 Å². The Labute approximate surface area is 157 Å². The van der Waals surface area contributed by atoms with Crippen LogP contribution in [0, 0.1) is 6.92 Å². The summed E-state index contributed by atoms with van der Waals surface area (Å²) in [5.41, 5.74) is 3.65. The molecule has 3 aromatic carbocycles. The fourth-order valence-electron chi connectivity index (χ4n) is 2.98. The van der Waals surface area contributed by atoms with Gasteiger partial charge in [0.1, 0.15) is 17.2 Å². The summed E-state index contributed by atoms with van der Waals surface area (Å²) in [4.78, 5) is 15.6. The van der Waals surface area contributed by atoms with Gasteiger partial charge in [0, 0.05) is 17.4 Å². The number of amides is 1. The third-order valence-corrected chi connectivity index (χ3v) is 4.36. The van der Waals surface area contributed by atoms with Crippen LogP contribution in [-0.4, -0.2) is 10.9 Å². The summed E-state index contributed by atoms with van der Waals surface area (Å²) in [6.07, 6.45) is 0. The standard InChI is InChI=1S/C23H20N2O2/c1-16-6-5-9-19(12-16)27-20-10-11-21-18(13-20)14-22(25-21)23(26)24-15-17-7-3-2-4-8-17/h2-14,25H,15H2,1H3,(H,24,26). The zero-order valence-electron chi connectivity index (χ0n) is 15.0. The molecule has 0 radical (unpaired) electrons. The maximum Gasteiger partial charge on any atom is 0.267 e. The minimum atomic E-state index is -0.129. The van der Waals surface area contributed by atoms with Gasteiger partial charge in [0.2, 0.25) is 0 Å². The van der Waals surface area contributed by atoms with Gasteiger partial charge in [0.05, 0.1) is 0 Å². The third kappa shape index (κ3) is 4.01. The minimum Gasteiger partial charge on any atom is -0.457 e. The number of benzene rings is 3. The van der Waals surface area contributed by atoms with Crippen LogP contribution in [0.2, 0.25) is 0 Å². The molecule has 0 bridgehead atoms. The zero-order chi connectivity index (χ0) is 18.6. The molecule has 4 heteroatoms. The third-order valence-electron chi connectivity index (χ3n) is 4.36. The van der Waals surface area contributed by atoms with Crippen molar-refractivity contribution in [3.05, 3.63) is 95.7 Å². The molecule has 1 heterocycles. The molecule has 1 aromatic heterocycles. The number of H-pyrrole nitrogens is 1. The Kier molecular flexibility index (Phi) is 4.62. The molecule has 134 valence electrons. The van der Waals surface area contributed by atoms with Crippen molar-refractivity contribution in [2.45, 2.75) is 13.5 Å². The van der Waals surface area contributed by atoms with Crippen LogP contribution < -0.4 is 10.1 Å². The highest BCUT2D eigenvalue weighted by Gasteiger charge is 2.10. The largest absolute Gasteiger partial charge is 0.457 e. The van der Waals surface area contributed by atoms with Crippen molar-refractivity contribution >= 4 is 16.8 Å². The van der Waals surface area contributed by atoms with Crippen molar-refractivity contribution < 1.29 is 9.53 Å². The second-order valence-corrected chi connectivity index (χ2v) is 6.52. The van der Waals surface area contributed by atoms with Gasteiger partial charge < -0.3 is 15.0 Å². The van der Waals surface area contributed by atoms with Crippen molar-refractivity contribution in [3.8, 4) is 11.5 Å². The lowest BCUT2D eigenvalue weighted by atomic mass is 10.2. The number of fused-ring (bicyclic) bond motifs is 1. The van der Waals surface area contributed by atoms with E-state index in [1.165, 1.54) is 0 Å². The number of carbonyl (C=O) groups excluding carboxylic acids is 1. The summed E-state index contributed by atoms with van der Waals surface area (Å²) in [6.45, 7) is 2.53. The predicted octanol–water partition coefficient (Wildman–Crippen LogP) is 5.20. The highest BCUT2D eigenvalue weighted by atomic mass is 16.5. The van der Waals surface area contributed by atoms with Crippen LogP contribution in [0.4, 0.5) is 0 Å². The Balaban J connectivity index is 1.49. The van der Waals surface area contributed by atoms with Crippen LogP contribution >= 0.6 is 0 Å². The zero-order valence-corrected chi connectivity index (χ0v) is 15.0. The average molecular weight is 356 g/mol. The number of hydrogen-bond donors (Lipinski definition) is 2. The molecule has 0 aliphatic carbocycles. The number of hydrogen-bond acceptors (Lipinski definition) is 2. The Morgan fingerprint density at radius 3 is 2.56 bits per heavy atom. The van der Waals surface area contributed by atoms with Crippen molar-refractivity contribution in [2.75, 3.05) is 0 Å². The molecule has 0 atom stereocenters. The number of aryl methyl sites for hydroxylation is 1. The average Bonchev–Trinajstić information content (AvgIpc) is 3.10. The number of ether oxygens (including phenoxy) is 1. The summed E-state index contributed by atoms with van der Waals surface area (Å²) in [7, 11) is 0. The Morgan fingerprint density at radius 2 is 1.74 bits per heavy atom. The molecule has 0 saturated carbocycles. The van der Waals surface area contributed by atoms with E-state index in [1.54, 1.807) is 0 Å². The van der Waals surface area contributed by atoms with Gasteiger partial charge in [-0.15, -0.1) is 0 Å². The van der Waals surface area contributed by atoms with E-state index in [0.29, 0.717) is 12.2 Å². The van der Waals surface area contributed by atoms with E-state index in [-0.39, 0.29) is 5.91 Å².